The molecule has 0 saturated carbocycles. The standard InChI is InChI=1S/C25H30N2O4/c1-4-25(24(28)29,31-5-2)17-20-9-11-22(12-10-20)30-16-15-27-19(3)8-13-23(27)21-7-6-14-26-18-21/h6-14,18H,4-5,15-17H2,1-3H3,(H,28,29). The Morgan fingerprint density at radius 2 is 1.90 bits per heavy atom. The van der Waals surface area contributed by atoms with Crippen molar-refractivity contribution in [1.29, 1.82) is 0 Å². The highest BCUT2D eigenvalue weighted by atomic mass is 16.5. The monoisotopic (exact) mass is 422 g/mol. The zero-order valence-corrected chi connectivity index (χ0v) is 18.4. The minimum Gasteiger partial charge on any atom is -0.492 e. The zero-order chi connectivity index (χ0) is 22.3. The van der Waals surface area contributed by atoms with Gasteiger partial charge in [-0.25, -0.2) is 4.79 Å². The third-order valence-electron chi connectivity index (χ3n) is 5.53. The van der Waals surface area contributed by atoms with E-state index in [4.69, 9.17) is 9.47 Å². The Labute approximate surface area is 183 Å². The van der Waals surface area contributed by atoms with Gasteiger partial charge in [-0.2, -0.15) is 0 Å². The number of rotatable bonds is 11. The predicted molar refractivity (Wildman–Crippen MR) is 120 cm³/mol. The molecule has 3 rings (SSSR count). The number of aryl methyl sites for hydroxylation is 1. The molecule has 0 amide bonds. The van der Waals surface area contributed by atoms with Crippen LogP contribution >= 0.6 is 0 Å². The summed E-state index contributed by atoms with van der Waals surface area (Å²) in [5.74, 6) is -0.172. The van der Waals surface area contributed by atoms with E-state index in [2.05, 4.69) is 28.6 Å². The molecule has 0 bridgehead atoms. The van der Waals surface area contributed by atoms with Gasteiger partial charge in [-0.3, -0.25) is 4.98 Å². The van der Waals surface area contributed by atoms with Crippen molar-refractivity contribution in [1.82, 2.24) is 9.55 Å². The number of aromatic nitrogens is 2. The molecule has 164 valence electrons. The quantitative estimate of drug-likeness (QED) is 0.483. The summed E-state index contributed by atoms with van der Waals surface area (Å²) in [6.45, 7) is 7.33. The highest BCUT2D eigenvalue weighted by molar-refractivity contribution is 5.78. The number of hydrogen-bond acceptors (Lipinski definition) is 4. The summed E-state index contributed by atoms with van der Waals surface area (Å²) < 4.78 is 13.8. The number of ether oxygens (including phenoxy) is 2. The molecule has 2 heterocycles. The minimum absolute atomic E-state index is 0.323. The topological polar surface area (TPSA) is 73.6 Å². The molecular weight excluding hydrogens is 392 g/mol. The van der Waals surface area contributed by atoms with E-state index in [9.17, 15) is 9.90 Å². The largest absolute Gasteiger partial charge is 0.492 e. The maximum Gasteiger partial charge on any atom is 0.336 e. The lowest BCUT2D eigenvalue weighted by atomic mass is 9.91. The fourth-order valence-electron chi connectivity index (χ4n) is 3.76. The first-order valence-electron chi connectivity index (χ1n) is 10.6. The molecule has 1 atom stereocenters. The van der Waals surface area contributed by atoms with Gasteiger partial charge in [0.15, 0.2) is 5.60 Å². The normalized spacial score (nSPS) is 13.0. The molecule has 6 nitrogen and oxygen atoms in total. The van der Waals surface area contributed by atoms with Crippen molar-refractivity contribution >= 4 is 5.97 Å². The van der Waals surface area contributed by atoms with Crippen molar-refractivity contribution < 1.29 is 19.4 Å². The van der Waals surface area contributed by atoms with Crippen LogP contribution in [0.2, 0.25) is 0 Å². The van der Waals surface area contributed by atoms with Crippen LogP contribution in [0.25, 0.3) is 11.3 Å². The van der Waals surface area contributed by atoms with Crippen LogP contribution < -0.4 is 4.74 Å². The SMILES string of the molecule is CCOC(CC)(Cc1ccc(OCCn2c(C)ccc2-c2cccnc2)cc1)C(=O)O. The Hall–Kier alpha value is -3.12. The summed E-state index contributed by atoms with van der Waals surface area (Å²) in [7, 11) is 0. The number of carbonyl (C=O) groups is 1. The Balaban J connectivity index is 1.62. The molecule has 0 aliphatic carbocycles. The van der Waals surface area contributed by atoms with Gasteiger partial charge in [-0.15, -0.1) is 0 Å². The van der Waals surface area contributed by atoms with Crippen LogP contribution in [0, 0.1) is 6.92 Å². The average Bonchev–Trinajstić information content (AvgIpc) is 3.15. The third-order valence-corrected chi connectivity index (χ3v) is 5.53. The van der Waals surface area contributed by atoms with E-state index in [0.717, 1.165) is 22.6 Å². The van der Waals surface area contributed by atoms with E-state index in [1.165, 1.54) is 5.69 Å². The molecule has 0 spiro atoms. The van der Waals surface area contributed by atoms with E-state index < -0.39 is 11.6 Å². The summed E-state index contributed by atoms with van der Waals surface area (Å²) in [4.78, 5) is 16.0. The van der Waals surface area contributed by atoms with E-state index >= 15 is 0 Å². The molecule has 6 heteroatoms. The van der Waals surface area contributed by atoms with Crippen molar-refractivity contribution in [3.8, 4) is 17.0 Å². The van der Waals surface area contributed by atoms with Crippen LogP contribution in [-0.4, -0.2) is 39.4 Å². The first-order chi connectivity index (χ1) is 15.0. The van der Waals surface area contributed by atoms with Crippen molar-refractivity contribution in [2.24, 2.45) is 0 Å². The third kappa shape index (κ3) is 5.33. The number of benzene rings is 1. The lowest BCUT2D eigenvalue weighted by Gasteiger charge is -2.28. The second-order valence-corrected chi connectivity index (χ2v) is 7.51. The molecule has 2 aromatic heterocycles. The molecule has 1 unspecified atom stereocenters. The Bertz CT molecular complexity index is 983. The van der Waals surface area contributed by atoms with Gasteiger partial charge >= 0.3 is 5.97 Å². The van der Waals surface area contributed by atoms with Crippen LogP contribution in [0.15, 0.2) is 60.9 Å². The van der Waals surface area contributed by atoms with Gasteiger partial charge in [-0.05, 0) is 62.2 Å². The molecule has 3 aromatic rings. The number of carboxylic acid groups (broad SMARTS) is 1. The number of pyridine rings is 1. The Morgan fingerprint density at radius 3 is 2.52 bits per heavy atom. The van der Waals surface area contributed by atoms with E-state index in [0.29, 0.717) is 32.6 Å². The number of aliphatic carboxylic acids is 1. The molecule has 0 aliphatic rings. The van der Waals surface area contributed by atoms with Crippen molar-refractivity contribution in [3.63, 3.8) is 0 Å². The van der Waals surface area contributed by atoms with E-state index in [1.807, 2.05) is 56.4 Å². The number of nitrogens with zero attached hydrogens (tertiary/aromatic N) is 2. The molecule has 1 aromatic carbocycles. The second-order valence-electron chi connectivity index (χ2n) is 7.51. The second kappa shape index (κ2) is 10.3. The van der Waals surface area contributed by atoms with Gasteiger partial charge in [0, 0.05) is 42.4 Å². The van der Waals surface area contributed by atoms with Gasteiger partial charge in [-0.1, -0.05) is 19.1 Å². The number of carboxylic acids is 1. The summed E-state index contributed by atoms with van der Waals surface area (Å²) >= 11 is 0. The summed E-state index contributed by atoms with van der Waals surface area (Å²) in [6, 6.07) is 15.8. The number of hydrogen-bond donors (Lipinski definition) is 1. The summed E-state index contributed by atoms with van der Waals surface area (Å²) in [5, 5.41) is 9.65. The molecular formula is C25H30N2O4. The van der Waals surface area contributed by atoms with Crippen molar-refractivity contribution in [3.05, 3.63) is 72.2 Å². The maximum absolute atomic E-state index is 11.8. The first-order valence-corrected chi connectivity index (χ1v) is 10.6. The van der Waals surface area contributed by atoms with Crippen LogP contribution in [0.1, 0.15) is 31.5 Å². The summed E-state index contributed by atoms with van der Waals surface area (Å²) in [5.41, 5.74) is 3.08. The Kier molecular flexibility index (Phi) is 7.47. The van der Waals surface area contributed by atoms with Gasteiger partial charge in [0.2, 0.25) is 0 Å². The smallest absolute Gasteiger partial charge is 0.336 e. The van der Waals surface area contributed by atoms with Gasteiger partial charge in [0.05, 0.1) is 6.54 Å². The van der Waals surface area contributed by atoms with E-state index in [-0.39, 0.29) is 0 Å². The van der Waals surface area contributed by atoms with E-state index in [1.54, 1.807) is 6.20 Å². The van der Waals surface area contributed by atoms with Crippen molar-refractivity contribution in [2.45, 2.75) is 45.8 Å². The van der Waals surface area contributed by atoms with Crippen LogP contribution in [0.4, 0.5) is 0 Å². The lowest BCUT2D eigenvalue weighted by molar-refractivity contribution is -0.166. The predicted octanol–water partition coefficient (Wildman–Crippen LogP) is 4.75. The molecule has 0 saturated heterocycles. The zero-order valence-electron chi connectivity index (χ0n) is 18.4. The highest BCUT2D eigenvalue weighted by Crippen LogP contribution is 2.25. The van der Waals surface area contributed by atoms with Gasteiger partial charge < -0.3 is 19.1 Å². The maximum atomic E-state index is 11.8. The molecule has 0 aliphatic heterocycles. The molecule has 0 fully saturated rings. The molecule has 1 N–H and O–H groups in total. The first kappa shape index (κ1) is 22.6. The van der Waals surface area contributed by atoms with Crippen molar-refractivity contribution in [2.75, 3.05) is 13.2 Å². The lowest BCUT2D eigenvalue weighted by Crippen LogP contribution is -2.43. The van der Waals surface area contributed by atoms with Crippen LogP contribution in [-0.2, 0) is 22.5 Å². The average molecular weight is 423 g/mol. The summed E-state index contributed by atoms with van der Waals surface area (Å²) in [6.07, 6.45) is 4.36. The van der Waals surface area contributed by atoms with Gasteiger partial charge in [0.1, 0.15) is 12.4 Å². The fourth-order valence-corrected chi connectivity index (χ4v) is 3.76. The highest BCUT2D eigenvalue weighted by Gasteiger charge is 2.37. The Morgan fingerprint density at radius 1 is 1.13 bits per heavy atom. The van der Waals surface area contributed by atoms with Crippen LogP contribution in [0.5, 0.6) is 5.75 Å². The fraction of sp³-hybridized carbons (Fsp3) is 0.360. The minimum atomic E-state index is -1.19. The van der Waals surface area contributed by atoms with Gasteiger partial charge in [0.25, 0.3) is 0 Å². The molecule has 31 heavy (non-hydrogen) atoms. The van der Waals surface area contributed by atoms with Crippen LogP contribution in [0.3, 0.4) is 0 Å². The molecule has 0 radical (unpaired) electrons.